The van der Waals surface area contributed by atoms with Gasteiger partial charge < -0.3 is 15.0 Å². The van der Waals surface area contributed by atoms with E-state index in [1.54, 1.807) is 24.3 Å². The molecule has 0 aliphatic rings. The Morgan fingerprint density at radius 1 is 1.16 bits per heavy atom. The summed E-state index contributed by atoms with van der Waals surface area (Å²) in [5.74, 6) is -0.423. The van der Waals surface area contributed by atoms with Crippen LogP contribution in [0.5, 0.6) is 0 Å². The lowest BCUT2D eigenvalue weighted by Crippen LogP contribution is -2.37. The first-order chi connectivity index (χ1) is 11.8. The number of nitrogens with zero attached hydrogens (tertiary/aromatic N) is 2. The molecule has 0 saturated heterocycles. The number of rotatable bonds is 3. The number of H-pyrrole nitrogens is 1. The van der Waals surface area contributed by atoms with Crippen LogP contribution in [0.1, 0.15) is 10.4 Å². The van der Waals surface area contributed by atoms with Crippen LogP contribution in [-0.4, -0.2) is 27.2 Å². The number of methoxy groups -OCH3 is 1. The summed E-state index contributed by atoms with van der Waals surface area (Å²) < 4.78 is 7.01. The van der Waals surface area contributed by atoms with Crippen molar-refractivity contribution in [3.8, 4) is 0 Å². The number of hydrogen-bond donors (Lipinski definition) is 2. The summed E-state index contributed by atoms with van der Waals surface area (Å²) in [6.07, 6.45) is 0. The molecule has 0 aliphatic heterocycles. The number of hydrogen-bond acceptors (Lipinski definition) is 5. The number of aryl methyl sites for hydroxylation is 1. The first-order valence-electron chi connectivity index (χ1n) is 7.27. The minimum Gasteiger partial charge on any atom is -0.465 e. The number of esters is 1. The maximum Gasteiger partial charge on any atom is 0.343 e. The molecule has 0 fully saturated rings. The molecule has 0 atom stereocenters. The Morgan fingerprint density at radius 2 is 1.80 bits per heavy atom. The topological polar surface area (TPSA) is 98.1 Å². The van der Waals surface area contributed by atoms with E-state index in [9.17, 15) is 14.4 Å². The summed E-state index contributed by atoms with van der Waals surface area (Å²) in [5, 5.41) is 3.58. The third-order valence-electron chi connectivity index (χ3n) is 3.90. The van der Waals surface area contributed by atoms with Gasteiger partial charge in [-0.05, 0) is 24.3 Å². The van der Waals surface area contributed by atoms with E-state index in [4.69, 9.17) is 16.3 Å². The minimum atomic E-state index is -0.675. The molecule has 0 saturated carbocycles. The number of anilines is 2. The second-order valence-electron chi connectivity index (χ2n) is 5.43. The van der Waals surface area contributed by atoms with Gasteiger partial charge in [0.05, 0.1) is 12.6 Å². The minimum absolute atomic E-state index is 0.0738. The molecule has 25 heavy (non-hydrogen) atoms. The number of benzene rings is 1. The molecule has 130 valence electrons. The predicted octanol–water partition coefficient (Wildman–Crippen LogP) is 1.75. The number of nitrogens with one attached hydrogen (secondary N) is 2. The molecule has 3 aromatic rings. The van der Waals surface area contributed by atoms with Gasteiger partial charge in [-0.2, -0.15) is 0 Å². The van der Waals surface area contributed by atoms with E-state index in [1.807, 2.05) is 0 Å². The molecule has 9 heteroatoms. The van der Waals surface area contributed by atoms with Gasteiger partial charge >= 0.3 is 11.7 Å². The Balaban J connectivity index is 2.31. The van der Waals surface area contributed by atoms with E-state index >= 15 is 0 Å². The second kappa shape index (κ2) is 6.14. The number of ether oxygens (including phenoxy) is 1. The van der Waals surface area contributed by atoms with Crippen molar-refractivity contribution in [2.45, 2.75) is 0 Å². The smallest absolute Gasteiger partial charge is 0.343 e. The highest BCUT2D eigenvalue weighted by atomic mass is 35.5. The van der Waals surface area contributed by atoms with Gasteiger partial charge in [0.15, 0.2) is 0 Å². The van der Waals surface area contributed by atoms with E-state index in [1.165, 1.54) is 25.8 Å². The Kier molecular flexibility index (Phi) is 4.13. The lowest BCUT2D eigenvalue weighted by atomic mass is 10.2. The monoisotopic (exact) mass is 362 g/mol. The Hall–Kier alpha value is -3.00. The van der Waals surface area contributed by atoms with E-state index in [-0.39, 0.29) is 22.4 Å². The van der Waals surface area contributed by atoms with Crippen molar-refractivity contribution in [2.75, 3.05) is 12.4 Å². The molecule has 0 radical (unpaired) electrons. The number of fused-ring (bicyclic) bond motifs is 1. The third-order valence-corrected chi connectivity index (χ3v) is 4.16. The van der Waals surface area contributed by atoms with Crippen LogP contribution in [0.4, 0.5) is 11.5 Å². The summed E-state index contributed by atoms with van der Waals surface area (Å²) in [4.78, 5) is 39.8. The predicted molar refractivity (Wildman–Crippen MR) is 94.9 cm³/mol. The van der Waals surface area contributed by atoms with Gasteiger partial charge in [0.2, 0.25) is 0 Å². The Labute approximate surface area is 146 Å². The molecule has 2 N–H and O–H groups in total. The van der Waals surface area contributed by atoms with E-state index in [0.29, 0.717) is 10.7 Å². The molecule has 0 bridgehead atoms. The average Bonchev–Trinajstić information content (AvgIpc) is 2.98. The fourth-order valence-corrected chi connectivity index (χ4v) is 2.75. The van der Waals surface area contributed by atoms with Crippen LogP contribution < -0.4 is 16.6 Å². The summed E-state index contributed by atoms with van der Waals surface area (Å²) in [5.41, 5.74) is -0.0577. The summed E-state index contributed by atoms with van der Waals surface area (Å²) in [6, 6.07) is 6.79. The largest absolute Gasteiger partial charge is 0.465 e. The van der Waals surface area contributed by atoms with E-state index in [2.05, 4.69) is 10.3 Å². The highest BCUT2D eigenvalue weighted by molar-refractivity contribution is 6.30. The molecule has 8 nitrogen and oxygen atoms in total. The number of carbonyl (C=O) groups is 1. The summed E-state index contributed by atoms with van der Waals surface area (Å²) in [7, 11) is 4.08. The summed E-state index contributed by atoms with van der Waals surface area (Å²) in [6.45, 7) is 0. The highest BCUT2D eigenvalue weighted by Crippen LogP contribution is 2.27. The highest BCUT2D eigenvalue weighted by Gasteiger charge is 2.24. The van der Waals surface area contributed by atoms with E-state index < -0.39 is 17.2 Å². The van der Waals surface area contributed by atoms with Crippen molar-refractivity contribution < 1.29 is 9.53 Å². The van der Waals surface area contributed by atoms with Crippen LogP contribution in [0.3, 0.4) is 0 Å². The van der Waals surface area contributed by atoms with Crippen LogP contribution in [0.15, 0.2) is 33.9 Å². The SMILES string of the molecule is COC(=O)c1c(Nc2ccc(Cl)cc2)[nH]c2c(=O)n(C)c(=O)n(C)c12. The molecule has 2 aromatic heterocycles. The van der Waals surface area contributed by atoms with Crippen molar-refractivity contribution in [3.63, 3.8) is 0 Å². The van der Waals surface area contributed by atoms with Crippen LogP contribution >= 0.6 is 11.6 Å². The first-order valence-corrected chi connectivity index (χ1v) is 7.65. The lowest BCUT2D eigenvalue weighted by molar-refractivity contribution is 0.0603. The van der Waals surface area contributed by atoms with Crippen LogP contribution in [0.2, 0.25) is 5.02 Å². The van der Waals surface area contributed by atoms with Gasteiger partial charge in [0.1, 0.15) is 16.9 Å². The molecule has 0 unspecified atom stereocenters. The molecule has 0 amide bonds. The zero-order valence-corrected chi connectivity index (χ0v) is 14.5. The molecular weight excluding hydrogens is 348 g/mol. The zero-order valence-electron chi connectivity index (χ0n) is 13.7. The average molecular weight is 363 g/mol. The fourth-order valence-electron chi connectivity index (χ4n) is 2.63. The lowest BCUT2D eigenvalue weighted by Gasteiger charge is -2.08. The van der Waals surface area contributed by atoms with Crippen molar-refractivity contribution in [3.05, 3.63) is 55.7 Å². The van der Waals surface area contributed by atoms with Crippen molar-refractivity contribution >= 4 is 40.1 Å². The van der Waals surface area contributed by atoms with Gasteiger partial charge in [-0.25, -0.2) is 9.59 Å². The second-order valence-corrected chi connectivity index (χ2v) is 5.86. The van der Waals surface area contributed by atoms with Crippen LogP contribution in [0.25, 0.3) is 11.0 Å². The third kappa shape index (κ3) is 2.70. The number of halogens is 1. The summed E-state index contributed by atoms with van der Waals surface area (Å²) >= 11 is 5.87. The van der Waals surface area contributed by atoms with Gasteiger partial charge in [0.25, 0.3) is 5.56 Å². The standard InChI is InChI=1S/C16H15ClN4O4/c1-20-12-10(15(23)25-3)13(18-9-6-4-8(17)5-7-9)19-11(12)14(22)21(2)16(20)24/h4-7,18-19H,1-3H3. The Morgan fingerprint density at radius 3 is 2.40 bits per heavy atom. The van der Waals surface area contributed by atoms with Crippen LogP contribution in [0, 0.1) is 0 Å². The number of carbonyl (C=O) groups excluding carboxylic acids is 1. The molecular formula is C16H15ClN4O4. The first kappa shape index (κ1) is 16.8. The zero-order chi connectivity index (χ0) is 18.3. The molecule has 3 rings (SSSR count). The van der Waals surface area contributed by atoms with Crippen molar-refractivity contribution in [1.82, 2.24) is 14.1 Å². The molecule has 2 heterocycles. The van der Waals surface area contributed by atoms with Crippen molar-refractivity contribution in [2.24, 2.45) is 14.1 Å². The van der Waals surface area contributed by atoms with Crippen LogP contribution in [-0.2, 0) is 18.8 Å². The number of aromatic nitrogens is 3. The van der Waals surface area contributed by atoms with E-state index in [0.717, 1.165) is 4.57 Å². The quantitative estimate of drug-likeness (QED) is 0.692. The number of aromatic amines is 1. The fraction of sp³-hybridized carbons (Fsp3) is 0.188. The van der Waals surface area contributed by atoms with Crippen molar-refractivity contribution in [1.29, 1.82) is 0 Å². The van der Waals surface area contributed by atoms with Gasteiger partial charge in [-0.15, -0.1) is 0 Å². The Bertz CT molecular complexity index is 1090. The van der Waals surface area contributed by atoms with Gasteiger partial charge in [0, 0.05) is 24.8 Å². The van der Waals surface area contributed by atoms with Gasteiger partial charge in [-0.3, -0.25) is 13.9 Å². The molecule has 0 aliphatic carbocycles. The maximum atomic E-state index is 12.4. The van der Waals surface area contributed by atoms with Gasteiger partial charge in [-0.1, -0.05) is 11.6 Å². The maximum absolute atomic E-state index is 12.4. The molecule has 0 spiro atoms. The molecule has 1 aromatic carbocycles. The normalized spacial score (nSPS) is 10.9.